The average Bonchev–Trinajstić information content (AvgIpc) is 3.19. The summed E-state index contributed by atoms with van der Waals surface area (Å²) in [7, 11) is 1.71. The summed E-state index contributed by atoms with van der Waals surface area (Å²) < 4.78 is 11.3. The Morgan fingerprint density at radius 1 is 1.32 bits per heavy atom. The summed E-state index contributed by atoms with van der Waals surface area (Å²) in [5.41, 5.74) is 2.56. The van der Waals surface area contributed by atoms with Gasteiger partial charge in [-0.3, -0.25) is 0 Å². The number of nitrogens with one attached hydrogen (secondary N) is 1. The van der Waals surface area contributed by atoms with Gasteiger partial charge >= 0.3 is 0 Å². The van der Waals surface area contributed by atoms with Gasteiger partial charge in [-0.2, -0.15) is 0 Å². The van der Waals surface area contributed by atoms with Crippen molar-refractivity contribution in [2.24, 2.45) is 0 Å². The fourth-order valence-electron chi connectivity index (χ4n) is 2.29. The zero-order valence-electron chi connectivity index (χ0n) is 12.2. The van der Waals surface area contributed by atoms with Crippen molar-refractivity contribution in [1.29, 1.82) is 0 Å². The fraction of sp³-hybridized carbons (Fsp3) is 0.625. The molecule has 2 atom stereocenters. The zero-order valence-corrected chi connectivity index (χ0v) is 12.2. The smallest absolute Gasteiger partial charge is 0.0956 e. The number of rotatable bonds is 8. The molecule has 0 spiro atoms. The highest BCUT2D eigenvalue weighted by molar-refractivity contribution is 5.28. The molecule has 0 amide bonds. The summed E-state index contributed by atoms with van der Waals surface area (Å²) in [5, 5.41) is 3.56. The lowest BCUT2D eigenvalue weighted by Crippen LogP contribution is -2.29. The molecule has 106 valence electrons. The molecule has 1 aliphatic rings. The quantitative estimate of drug-likeness (QED) is 0.782. The molecule has 19 heavy (non-hydrogen) atoms. The standard InChI is InChI=1S/C16H25NO2/c1-12-6-4-5-7-15(12)16(10-17-14-8-9-14)19-13(2)11-18-3/h4-7,13-14,16-17H,8-11H2,1-3H3. The summed E-state index contributed by atoms with van der Waals surface area (Å²) >= 11 is 0. The molecule has 0 aromatic heterocycles. The Bertz CT molecular complexity index is 390. The van der Waals surface area contributed by atoms with E-state index < -0.39 is 0 Å². The van der Waals surface area contributed by atoms with Gasteiger partial charge < -0.3 is 14.8 Å². The van der Waals surface area contributed by atoms with Crippen LogP contribution >= 0.6 is 0 Å². The SMILES string of the molecule is COCC(C)OC(CNC1CC1)c1ccccc1C. The van der Waals surface area contributed by atoms with E-state index >= 15 is 0 Å². The molecule has 1 N–H and O–H groups in total. The number of aryl methyl sites for hydroxylation is 1. The summed E-state index contributed by atoms with van der Waals surface area (Å²) in [4.78, 5) is 0. The summed E-state index contributed by atoms with van der Waals surface area (Å²) in [6.45, 7) is 5.71. The lowest BCUT2D eigenvalue weighted by atomic mass is 10.0. The molecule has 0 heterocycles. The molecule has 0 bridgehead atoms. The second-order valence-electron chi connectivity index (χ2n) is 5.43. The van der Waals surface area contributed by atoms with E-state index in [1.165, 1.54) is 24.0 Å². The molecular weight excluding hydrogens is 238 g/mol. The molecule has 0 saturated heterocycles. The van der Waals surface area contributed by atoms with Crippen LogP contribution in [0.25, 0.3) is 0 Å². The van der Waals surface area contributed by atoms with E-state index in [0.717, 1.165) is 6.54 Å². The normalized spacial score (nSPS) is 18.3. The number of hydrogen-bond acceptors (Lipinski definition) is 3. The highest BCUT2D eigenvalue weighted by atomic mass is 16.5. The lowest BCUT2D eigenvalue weighted by molar-refractivity contribution is -0.0397. The Morgan fingerprint density at radius 2 is 2.05 bits per heavy atom. The van der Waals surface area contributed by atoms with E-state index in [1.807, 2.05) is 0 Å². The monoisotopic (exact) mass is 263 g/mol. The van der Waals surface area contributed by atoms with Gasteiger partial charge in [-0.05, 0) is 37.8 Å². The van der Waals surface area contributed by atoms with Crippen LogP contribution in [-0.4, -0.2) is 32.4 Å². The Hall–Kier alpha value is -0.900. The van der Waals surface area contributed by atoms with Crippen LogP contribution in [0.5, 0.6) is 0 Å². The van der Waals surface area contributed by atoms with Crippen molar-refractivity contribution >= 4 is 0 Å². The Kier molecular flexibility index (Phi) is 5.37. The second kappa shape index (κ2) is 7.04. The van der Waals surface area contributed by atoms with Crippen molar-refractivity contribution in [3.05, 3.63) is 35.4 Å². The molecule has 3 heteroatoms. The topological polar surface area (TPSA) is 30.5 Å². The lowest BCUT2D eigenvalue weighted by Gasteiger charge is -2.24. The van der Waals surface area contributed by atoms with Crippen molar-refractivity contribution in [3.8, 4) is 0 Å². The molecular formula is C16H25NO2. The maximum atomic E-state index is 6.15. The van der Waals surface area contributed by atoms with E-state index in [-0.39, 0.29) is 12.2 Å². The highest BCUT2D eigenvalue weighted by Gasteiger charge is 2.24. The highest BCUT2D eigenvalue weighted by Crippen LogP contribution is 2.25. The third kappa shape index (κ3) is 4.60. The van der Waals surface area contributed by atoms with Gasteiger partial charge in [0.25, 0.3) is 0 Å². The molecule has 3 nitrogen and oxygen atoms in total. The summed E-state index contributed by atoms with van der Waals surface area (Å²) in [6, 6.07) is 9.16. The minimum absolute atomic E-state index is 0.104. The molecule has 1 aromatic carbocycles. The molecule has 0 aliphatic heterocycles. The minimum Gasteiger partial charge on any atom is -0.382 e. The van der Waals surface area contributed by atoms with Crippen molar-refractivity contribution in [3.63, 3.8) is 0 Å². The van der Waals surface area contributed by atoms with E-state index in [0.29, 0.717) is 12.6 Å². The van der Waals surface area contributed by atoms with Crippen molar-refractivity contribution in [1.82, 2.24) is 5.32 Å². The maximum Gasteiger partial charge on any atom is 0.0956 e. The first-order valence-electron chi connectivity index (χ1n) is 7.14. The van der Waals surface area contributed by atoms with Gasteiger partial charge in [0.2, 0.25) is 0 Å². The van der Waals surface area contributed by atoms with Gasteiger partial charge in [0.1, 0.15) is 0 Å². The van der Waals surface area contributed by atoms with E-state index in [9.17, 15) is 0 Å². The van der Waals surface area contributed by atoms with E-state index in [2.05, 4.69) is 43.4 Å². The fourth-order valence-corrected chi connectivity index (χ4v) is 2.29. The molecule has 1 saturated carbocycles. The van der Waals surface area contributed by atoms with Crippen LogP contribution in [0, 0.1) is 6.92 Å². The Morgan fingerprint density at radius 3 is 2.68 bits per heavy atom. The van der Waals surface area contributed by atoms with Crippen molar-refractivity contribution < 1.29 is 9.47 Å². The summed E-state index contributed by atoms with van der Waals surface area (Å²) in [5.74, 6) is 0. The predicted octanol–water partition coefficient (Wildman–Crippen LogP) is 2.84. The number of benzene rings is 1. The van der Waals surface area contributed by atoms with Crippen LogP contribution in [0.3, 0.4) is 0 Å². The van der Waals surface area contributed by atoms with Crippen LogP contribution in [0.2, 0.25) is 0 Å². The Balaban J connectivity index is 2.01. The van der Waals surface area contributed by atoms with Gasteiger partial charge in [0.05, 0.1) is 18.8 Å². The van der Waals surface area contributed by atoms with Gasteiger partial charge in [0, 0.05) is 19.7 Å². The summed E-state index contributed by atoms with van der Waals surface area (Å²) in [6.07, 6.45) is 2.81. The van der Waals surface area contributed by atoms with Crippen LogP contribution in [0.15, 0.2) is 24.3 Å². The third-order valence-corrected chi connectivity index (χ3v) is 3.50. The predicted molar refractivity (Wildman–Crippen MR) is 77.4 cm³/mol. The largest absolute Gasteiger partial charge is 0.382 e. The Labute approximate surface area is 116 Å². The first kappa shape index (κ1) is 14.5. The van der Waals surface area contributed by atoms with Crippen LogP contribution in [0.4, 0.5) is 0 Å². The minimum atomic E-state index is 0.104. The molecule has 0 radical (unpaired) electrons. The second-order valence-corrected chi connectivity index (χ2v) is 5.43. The van der Waals surface area contributed by atoms with Crippen LogP contribution in [-0.2, 0) is 9.47 Å². The number of methoxy groups -OCH3 is 1. The molecule has 1 fully saturated rings. The number of ether oxygens (including phenoxy) is 2. The van der Waals surface area contributed by atoms with Gasteiger partial charge in [-0.25, -0.2) is 0 Å². The average molecular weight is 263 g/mol. The molecule has 1 aliphatic carbocycles. The van der Waals surface area contributed by atoms with Crippen LogP contribution < -0.4 is 5.32 Å². The van der Waals surface area contributed by atoms with Gasteiger partial charge in [0.15, 0.2) is 0 Å². The number of hydrogen-bond donors (Lipinski definition) is 1. The maximum absolute atomic E-state index is 6.15. The van der Waals surface area contributed by atoms with Crippen molar-refractivity contribution in [2.45, 2.75) is 44.9 Å². The molecule has 2 unspecified atom stereocenters. The van der Waals surface area contributed by atoms with E-state index in [4.69, 9.17) is 9.47 Å². The molecule has 1 aromatic rings. The first-order valence-corrected chi connectivity index (χ1v) is 7.14. The van der Waals surface area contributed by atoms with Crippen LogP contribution in [0.1, 0.15) is 37.0 Å². The third-order valence-electron chi connectivity index (χ3n) is 3.50. The zero-order chi connectivity index (χ0) is 13.7. The first-order chi connectivity index (χ1) is 9.20. The van der Waals surface area contributed by atoms with Crippen molar-refractivity contribution in [2.75, 3.05) is 20.3 Å². The van der Waals surface area contributed by atoms with Gasteiger partial charge in [-0.1, -0.05) is 24.3 Å². The van der Waals surface area contributed by atoms with Gasteiger partial charge in [-0.15, -0.1) is 0 Å². The molecule has 2 rings (SSSR count). The van der Waals surface area contributed by atoms with E-state index in [1.54, 1.807) is 7.11 Å².